The van der Waals surface area contributed by atoms with E-state index in [0.29, 0.717) is 11.4 Å². The molecule has 0 unspecified atom stereocenters. The molecule has 2 heterocycles. The van der Waals surface area contributed by atoms with E-state index in [1.807, 2.05) is 0 Å². The van der Waals surface area contributed by atoms with Gasteiger partial charge in [0.15, 0.2) is 0 Å². The molecule has 0 aliphatic rings. The summed E-state index contributed by atoms with van der Waals surface area (Å²) in [6, 6.07) is 3.06. The third kappa shape index (κ3) is 3.28. The summed E-state index contributed by atoms with van der Waals surface area (Å²) in [5.41, 5.74) is 6.53. The summed E-state index contributed by atoms with van der Waals surface area (Å²) in [5, 5.41) is 14.9. The second-order valence-electron chi connectivity index (χ2n) is 3.75. The van der Waals surface area contributed by atoms with Crippen LogP contribution in [0.5, 0.6) is 0 Å². The van der Waals surface area contributed by atoms with E-state index in [0.717, 1.165) is 0 Å². The summed E-state index contributed by atoms with van der Waals surface area (Å²) in [6.45, 7) is -0.268. The number of nitrogens with two attached hydrogens (primary N) is 1. The number of nitrogens with zero attached hydrogens (tertiary/aromatic N) is 3. The van der Waals surface area contributed by atoms with Crippen molar-refractivity contribution >= 4 is 23.3 Å². The van der Waals surface area contributed by atoms with Crippen LogP contribution >= 0.6 is 0 Å². The molecule has 98 valence electrons. The Morgan fingerprint density at radius 3 is 2.79 bits per heavy atom. The quantitative estimate of drug-likeness (QED) is 0.722. The minimum Gasteiger partial charge on any atom is -0.480 e. The van der Waals surface area contributed by atoms with E-state index >= 15 is 0 Å². The Morgan fingerprint density at radius 1 is 1.37 bits per heavy atom. The molecule has 1 amide bonds. The highest BCUT2D eigenvalue weighted by Crippen LogP contribution is 2.08. The number of carbonyl (C=O) groups is 2. The van der Waals surface area contributed by atoms with Crippen molar-refractivity contribution in [1.29, 1.82) is 0 Å². The van der Waals surface area contributed by atoms with E-state index in [2.05, 4.69) is 15.4 Å². The van der Waals surface area contributed by atoms with Crippen molar-refractivity contribution in [3.05, 3.63) is 36.4 Å². The van der Waals surface area contributed by atoms with Gasteiger partial charge in [-0.2, -0.15) is 5.10 Å². The van der Waals surface area contributed by atoms with Crippen molar-refractivity contribution in [1.82, 2.24) is 14.8 Å². The Hall–Kier alpha value is -2.90. The molecule has 0 aliphatic carbocycles. The number of carboxylic acids is 1. The molecule has 0 saturated heterocycles. The molecule has 0 atom stereocenters. The molecule has 19 heavy (non-hydrogen) atoms. The first-order valence-corrected chi connectivity index (χ1v) is 5.32. The van der Waals surface area contributed by atoms with Crippen LogP contribution in [0, 0.1) is 0 Å². The fourth-order valence-corrected chi connectivity index (χ4v) is 1.39. The van der Waals surface area contributed by atoms with Crippen LogP contribution in [0.25, 0.3) is 0 Å². The number of pyridine rings is 1. The normalized spacial score (nSPS) is 10.1. The van der Waals surface area contributed by atoms with Crippen molar-refractivity contribution in [3.8, 4) is 0 Å². The number of carbonyl (C=O) groups excluding carboxylic acids is 1. The maximum atomic E-state index is 11.8. The fraction of sp³-hybridized carbons (Fsp3) is 0.0909. The SMILES string of the molecule is Nc1ccc(C(=O)Nc2cnn(CC(=O)O)c2)nc1. The highest BCUT2D eigenvalue weighted by molar-refractivity contribution is 6.02. The molecule has 0 bridgehead atoms. The van der Waals surface area contributed by atoms with Crippen molar-refractivity contribution in [2.24, 2.45) is 0 Å². The van der Waals surface area contributed by atoms with Crippen LogP contribution in [0.15, 0.2) is 30.7 Å². The van der Waals surface area contributed by atoms with Crippen LogP contribution in [0.2, 0.25) is 0 Å². The largest absolute Gasteiger partial charge is 0.480 e. The Kier molecular flexibility index (Phi) is 3.42. The molecule has 2 rings (SSSR count). The number of nitrogen functional groups attached to an aromatic ring is 1. The minimum absolute atomic E-state index is 0.209. The van der Waals surface area contributed by atoms with Gasteiger partial charge in [-0.3, -0.25) is 14.3 Å². The van der Waals surface area contributed by atoms with Gasteiger partial charge in [0.2, 0.25) is 0 Å². The van der Waals surface area contributed by atoms with E-state index in [-0.39, 0.29) is 12.2 Å². The Morgan fingerprint density at radius 2 is 2.16 bits per heavy atom. The van der Waals surface area contributed by atoms with Gasteiger partial charge in [-0.15, -0.1) is 0 Å². The predicted molar refractivity (Wildman–Crippen MR) is 66.5 cm³/mol. The average molecular weight is 261 g/mol. The Bertz CT molecular complexity index is 605. The number of carboxylic acid groups (broad SMARTS) is 1. The zero-order valence-electron chi connectivity index (χ0n) is 9.78. The third-order valence-electron chi connectivity index (χ3n) is 2.21. The van der Waals surface area contributed by atoms with E-state index in [4.69, 9.17) is 10.8 Å². The number of nitrogens with one attached hydrogen (secondary N) is 1. The first-order valence-electron chi connectivity index (χ1n) is 5.32. The minimum atomic E-state index is -1.01. The van der Waals surface area contributed by atoms with Gasteiger partial charge in [0.1, 0.15) is 12.2 Å². The van der Waals surface area contributed by atoms with Crippen LogP contribution in [-0.2, 0) is 11.3 Å². The lowest BCUT2D eigenvalue weighted by molar-refractivity contribution is -0.137. The van der Waals surface area contributed by atoms with Crippen molar-refractivity contribution in [2.75, 3.05) is 11.1 Å². The van der Waals surface area contributed by atoms with Gasteiger partial charge in [0, 0.05) is 6.20 Å². The lowest BCUT2D eigenvalue weighted by atomic mass is 10.3. The average Bonchev–Trinajstić information content (AvgIpc) is 2.76. The molecule has 0 radical (unpaired) electrons. The predicted octanol–water partition coefficient (Wildman–Crippen LogP) is 0.197. The molecule has 2 aromatic rings. The number of aliphatic carboxylic acids is 1. The van der Waals surface area contributed by atoms with E-state index in [1.165, 1.54) is 29.3 Å². The van der Waals surface area contributed by atoms with Crippen LogP contribution < -0.4 is 11.1 Å². The maximum Gasteiger partial charge on any atom is 0.325 e. The molecule has 0 fully saturated rings. The summed E-state index contributed by atoms with van der Waals surface area (Å²) in [4.78, 5) is 26.1. The molecule has 0 spiro atoms. The summed E-state index contributed by atoms with van der Waals surface area (Å²) in [6.07, 6.45) is 4.16. The zero-order chi connectivity index (χ0) is 13.8. The number of hydrogen-bond donors (Lipinski definition) is 3. The van der Waals surface area contributed by atoms with Gasteiger partial charge in [-0.05, 0) is 12.1 Å². The number of rotatable bonds is 4. The van der Waals surface area contributed by atoms with Gasteiger partial charge < -0.3 is 16.2 Å². The lowest BCUT2D eigenvalue weighted by Gasteiger charge is -2.01. The van der Waals surface area contributed by atoms with E-state index in [9.17, 15) is 9.59 Å². The Balaban J connectivity index is 2.04. The summed E-state index contributed by atoms with van der Waals surface area (Å²) < 4.78 is 1.20. The highest BCUT2D eigenvalue weighted by Gasteiger charge is 2.09. The number of amides is 1. The highest BCUT2D eigenvalue weighted by atomic mass is 16.4. The first kappa shape index (κ1) is 12.6. The molecule has 8 nitrogen and oxygen atoms in total. The van der Waals surface area contributed by atoms with E-state index in [1.54, 1.807) is 6.07 Å². The molecule has 0 aliphatic heterocycles. The third-order valence-corrected chi connectivity index (χ3v) is 2.21. The maximum absolute atomic E-state index is 11.8. The summed E-state index contributed by atoms with van der Waals surface area (Å²) >= 11 is 0. The summed E-state index contributed by atoms with van der Waals surface area (Å²) in [7, 11) is 0. The molecule has 4 N–H and O–H groups in total. The van der Waals surface area contributed by atoms with Crippen LogP contribution in [-0.4, -0.2) is 31.7 Å². The topological polar surface area (TPSA) is 123 Å². The second kappa shape index (κ2) is 5.17. The number of anilines is 2. The summed E-state index contributed by atoms with van der Waals surface area (Å²) in [5.74, 6) is -1.43. The molecule has 0 aromatic carbocycles. The standard InChI is InChI=1S/C11H11N5O3/c12-7-1-2-9(13-3-7)11(19)15-8-4-14-16(5-8)6-10(17)18/h1-5H,6,12H2,(H,15,19)(H,17,18). The first-order chi connectivity index (χ1) is 9.04. The van der Waals surface area contributed by atoms with Gasteiger partial charge in [0.25, 0.3) is 5.91 Å². The Labute approximate surface area is 107 Å². The molecule has 8 heteroatoms. The van der Waals surface area contributed by atoms with Gasteiger partial charge in [0.05, 0.1) is 23.8 Å². The van der Waals surface area contributed by atoms with Crippen LogP contribution in [0.1, 0.15) is 10.5 Å². The fourth-order valence-electron chi connectivity index (χ4n) is 1.39. The van der Waals surface area contributed by atoms with Crippen molar-refractivity contribution < 1.29 is 14.7 Å². The van der Waals surface area contributed by atoms with Gasteiger partial charge in [-0.25, -0.2) is 4.98 Å². The number of hydrogen-bond acceptors (Lipinski definition) is 5. The van der Waals surface area contributed by atoms with Crippen molar-refractivity contribution in [2.45, 2.75) is 6.54 Å². The number of aromatic nitrogens is 3. The smallest absolute Gasteiger partial charge is 0.325 e. The molecular weight excluding hydrogens is 250 g/mol. The lowest BCUT2D eigenvalue weighted by Crippen LogP contribution is -2.13. The second-order valence-corrected chi connectivity index (χ2v) is 3.75. The van der Waals surface area contributed by atoms with Crippen LogP contribution in [0.4, 0.5) is 11.4 Å². The van der Waals surface area contributed by atoms with Crippen LogP contribution in [0.3, 0.4) is 0 Å². The van der Waals surface area contributed by atoms with E-state index < -0.39 is 11.9 Å². The molecular formula is C11H11N5O3. The van der Waals surface area contributed by atoms with Gasteiger partial charge >= 0.3 is 5.97 Å². The van der Waals surface area contributed by atoms with Crippen molar-refractivity contribution in [3.63, 3.8) is 0 Å². The van der Waals surface area contributed by atoms with Gasteiger partial charge in [-0.1, -0.05) is 0 Å². The molecule has 2 aromatic heterocycles. The molecule has 0 saturated carbocycles. The zero-order valence-corrected chi connectivity index (χ0v) is 9.78. The monoisotopic (exact) mass is 261 g/mol.